The van der Waals surface area contributed by atoms with Gasteiger partial charge in [0, 0.05) is 21.8 Å². The van der Waals surface area contributed by atoms with Gasteiger partial charge in [-0.2, -0.15) is 0 Å². The Morgan fingerprint density at radius 1 is 0.957 bits per heavy atom. The molecule has 9 heteroatoms. The number of anilines is 2. The first-order chi connectivity index (χ1) is 10.9. The fraction of sp³-hybridized carbons (Fsp3) is 0. The van der Waals surface area contributed by atoms with E-state index in [2.05, 4.69) is 10.6 Å². The summed E-state index contributed by atoms with van der Waals surface area (Å²) < 4.78 is 0. The number of hydrogen-bond donors (Lipinski definition) is 2. The largest absolute Gasteiger partial charge is 0.318 e. The number of rotatable bonds is 3. The Hall–Kier alpha value is -2.64. The van der Waals surface area contributed by atoms with E-state index in [1.165, 1.54) is 42.5 Å². The lowest BCUT2D eigenvalue weighted by Gasteiger charge is -2.07. The minimum absolute atomic E-state index is 0.0817. The van der Waals surface area contributed by atoms with Crippen molar-refractivity contribution in [3.05, 3.63) is 62.6 Å². The Labute approximate surface area is 140 Å². The maximum Gasteiger partial charge on any atom is 0.314 e. The lowest BCUT2D eigenvalue weighted by molar-refractivity contribution is -0.383. The second kappa shape index (κ2) is 7.08. The third kappa shape index (κ3) is 4.41. The van der Waals surface area contributed by atoms with Crippen molar-refractivity contribution in [3.8, 4) is 0 Å². The summed E-state index contributed by atoms with van der Waals surface area (Å²) in [5.74, 6) is -2.07. The van der Waals surface area contributed by atoms with E-state index in [0.717, 1.165) is 0 Å². The number of amides is 2. The lowest BCUT2D eigenvalue weighted by Crippen LogP contribution is -2.29. The van der Waals surface area contributed by atoms with E-state index in [9.17, 15) is 19.7 Å². The molecule has 0 bridgehead atoms. The first kappa shape index (κ1) is 16.7. The Balaban J connectivity index is 2.12. The van der Waals surface area contributed by atoms with Crippen LogP contribution in [0.15, 0.2) is 42.5 Å². The topological polar surface area (TPSA) is 101 Å². The number of hydrogen-bond acceptors (Lipinski definition) is 4. The van der Waals surface area contributed by atoms with Crippen LogP contribution in [0, 0.1) is 10.1 Å². The predicted octanol–water partition coefficient (Wildman–Crippen LogP) is 3.48. The van der Waals surface area contributed by atoms with Crippen LogP contribution in [0.5, 0.6) is 0 Å². The molecule has 0 spiro atoms. The van der Waals surface area contributed by atoms with Crippen LogP contribution in [0.4, 0.5) is 17.1 Å². The van der Waals surface area contributed by atoms with E-state index >= 15 is 0 Å². The number of carbonyl (C=O) groups is 2. The van der Waals surface area contributed by atoms with Crippen LogP contribution < -0.4 is 10.6 Å². The molecule has 2 N–H and O–H groups in total. The maximum atomic E-state index is 11.8. The second-order valence-electron chi connectivity index (χ2n) is 4.34. The molecule has 0 fully saturated rings. The standard InChI is InChI=1S/C14H9Cl2N3O4/c15-8-5-9(16)7-10(6-8)17-13(20)14(21)18-11-3-1-2-4-12(11)19(22)23/h1-7H,(H,17,20)(H,18,21). The highest BCUT2D eigenvalue weighted by Gasteiger charge is 2.19. The van der Waals surface area contributed by atoms with E-state index < -0.39 is 16.7 Å². The molecule has 0 aromatic heterocycles. The summed E-state index contributed by atoms with van der Waals surface area (Å²) in [5, 5.41) is 15.9. The number of para-hydroxylation sites is 2. The highest BCUT2D eigenvalue weighted by Crippen LogP contribution is 2.24. The highest BCUT2D eigenvalue weighted by molar-refractivity contribution is 6.44. The monoisotopic (exact) mass is 353 g/mol. The number of nitrogens with zero attached hydrogens (tertiary/aromatic N) is 1. The van der Waals surface area contributed by atoms with Gasteiger partial charge in [-0.15, -0.1) is 0 Å². The Kier molecular flexibility index (Phi) is 5.15. The van der Waals surface area contributed by atoms with Crippen molar-refractivity contribution in [3.63, 3.8) is 0 Å². The van der Waals surface area contributed by atoms with Gasteiger partial charge in [0.05, 0.1) is 4.92 Å². The number of halogens is 2. The zero-order valence-electron chi connectivity index (χ0n) is 11.4. The van der Waals surface area contributed by atoms with Gasteiger partial charge in [-0.25, -0.2) is 0 Å². The molecule has 0 aliphatic carbocycles. The van der Waals surface area contributed by atoms with E-state index in [1.807, 2.05) is 0 Å². The van der Waals surface area contributed by atoms with Gasteiger partial charge >= 0.3 is 11.8 Å². The normalized spacial score (nSPS) is 10.0. The minimum Gasteiger partial charge on any atom is -0.318 e. The van der Waals surface area contributed by atoms with Gasteiger partial charge in [-0.05, 0) is 24.3 Å². The summed E-state index contributed by atoms with van der Waals surface area (Å²) in [7, 11) is 0. The summed E-state index contributed by atoms with van der Waals surface area (Å²) in [5.41, 5.74) is -0.175. The highest BCUT2D eigenvalue weighted by atomic mass is 35.5. The van der Waals surface area contributed by atoms with Crippen molar-refractivity contribution in [1.82, 2.24) is 0 Å². The second-order valence-corrected chi connectivity index (χ2v) is 5.21. The maximum absolute atomic E-state index is 11.8. The molecule has 118 valence electrons. The van der Waals surface area contributed by atoms with Crippen LogP contribution in [0.2, 0.25) is 10.0 Å². The van der Waals surface area contributed by atoms with Crippen LogP contribution in [-0.4, -0.2) is 16.7 Å². The van der Waals surface area contributed by atoms with Crippen LogP contribution >= 0.6 is 23.2 Å². The predicted molar refractivity (Wildman–Crippen MR) is 86.8 cm³/mol. The molecule has 0 atom stereocenters. The van der Waals surface area contributed by atoms with Gasteiger partial charge < -0.3 is 10.6 Å². The number of nitro groups is 1. The molecule has 0 saturated heterocycles. The Morgan fingerprint density at radius 2 is 1.52 bits per heavy atom. The first-order valence-corrected chi connectivity index (χ1v) is 6.94. The molecule has 2 rings (SSSR count). The third-order valence-corrected chi connectivity index (χ3v) is 3.11. The van der Waals surface area contributed by atoms with Crippen LogP contribution in [0.3, 0.4) is 0 Å². The molecule has 7 nitrogen and oxygen atoms in total. The van der Waals surface area contributed by atoms with Crippen molar-refractivity contribution >= 4 is 52.1 Å². The molecule has 23 heavy (non-hydrogen) atoms. The molecule has 0 unspecified atom stereocenters. The third-order valence-electron chi connectivity index (χ3n) is 2.68. The van der Waals surface area contributed by atoms with Gasteiger partial charge in [-0.1, -0.05) is 35.3 Å². The van der Waals surface area contributed by atoms with E-state index in [1.54, 1.807) is 0 Å². The molecule has 2 amide bonds. The molecular formula is C14H9Cl2N3O4. The Morgan fingerprint density at radius 3 is 2.13 bits per heavy atom. The average molecular weight is 354 g/mol. The molecule has 0 radical (unpaired) electrons. The molecular weight excluding hydrogens is 345 g/mol. The SMILES string of the molecule is O=C(Nc1cc(Cl)cc(Cl)c1)C(=O)Nc1ccccc1[N+](=O)[O-]. The number of nitrogens with one attached hydrogen (secondary N) is 2. The smallest absolute Gasteiger partial charge is 0.314 e. The van der Waals surface area contributed by atoms with Gasteiger partial charge in [0.15, 0.2) is 0 Å². The van der Waals surface area contributed by atoms with Gasteiger partial charge in [0.2, 0.25) is 0 Å². The first-order valence-electron chi connectivity index (χ1n) is 6.18. The van der Waals surface area contributed by atoms with E-state index in [-0.39, 0.29) is 27.1 Å². The van der Waals surface area contributed by atoms with E-state index in [0.29, 0.717) is 0 Å². The molecule has 2 aromatic rings. The van der Waals surface area contributed by atoms with Gasteiger partial charge in [-0.3, -0.25) is 19.7 Å². The minimum atomic E-state index is -1.06. The van der Waals surface area contributed by atoms with Crippen LogP contribution in [0.1, 0.15) is 0 Å². The number of benzene rings is 2. The zero-order chi connectivity index (χ0) is 17.0. The van der Waals surface area contributed by atoms with Crippen LogP contribution in [0.25, 0.3) is 0 Å². The van der Waals surface area contributed by atoms with Crippen molar-refractivity contribution in [2.24, 2.45) is 0 Å². The molecule has 0 saturated carbocycles. The van der Waals surface area contributed by atoms with Crippen molar-refractivity contribution < 1.29 is 14.5 Å². The van der Waals surface area contributed by atoms with Crippen molar-refractivity contribution in [2.75, 3.05) is 10.6 Å². The molecule has 0 heterocycles. The fourth-order valence-corrected chi connectivity index (χ4v) is 2.26. The Bertz CT molecular complexity index is 775. The van der Waals surface area contributed by atoms with Crippen LogP contribution in [-0.2, 0) is 9.59 Å². The van der Waals surface area contributed by atoms with Crippen molar-refractivity contribution in [2.45, 2.75) is 0 Å². The lowest BCUT2D eigenvalue weighted by atomic mass is 10.2. The molecule has 0 aliphatic heterocycles. The van der Waals surface area contributed by atoms with E-state index in [4.69, 9.17) is 23.2 Å². The molecule has 2 aromatic carbocycles. The summed E-state index contributed by atoms with van der Waals surface area (Å²) >= 11 is 11.6. The van der Waals surface area contributed by atoms with Gasteiger partial charge in [0.25, 0.3) is 5.69 Å². The molecule has 0 aliphatic rings. The number of nitro benzene ring substituents is 1. The summed E-state index contributed by atoms with van der Waals surface area (Å²) in [6.45, 7) is 0. The summed E-state index contributed by atoms with van der Waals surface area (Å²) in [6.07, 6.45) is 0. The summed E-state index contributed by atoms with van der Waals surface area (Å²) in [4.78, 5) is 33.9. The average Bonchev–Trinajstić information content (AvgIpc) is 2.46. The zero-order valence-corrected chi connectivity index (χ0v) is 12.9. The quantitative estimate of drug-likeness (QED) is 0.500. The van der Waals surface area contributed by atoms with Gasteiger partial charge in [0.1, 0.15) is 5.69 Å². The van der Waals surface area contributed by atoms with Crippen molar-refractivity contribution in [1.29, 1.82) is 0 Å². The number of carbonyl (C=O) groups excluding carboxylic acids is 2. The summed E-state index contributed by atoms with van der Waals surface area (Å²) in [6, 6.07) is 9.75. The fourth-order valence-electron chi connectivity index (χ4n) is 1.73.